The van der Waals surface area contributed by atoms with Crippen LogP contribution in [0.1, 0.15) is 40.5 Å². The third kappa shape index (κ3) is 2.61. The molecule has 0 radical (unpaired) electrons. The van der Waals surface area contributed by atoms with E-state index in [1.807, 2.05) is 0 Å². The summed E-state index contributed by atoms with van der Waals surface area (Å²) >= 11 is 0. The minimum Gasteiger partial charge on any atom is -0.395 e. The van der Waals surface area contributed by atoms with E-state index in [-0.39, 0.29) is 24.0 Å². The second kappa shape index (κ2) is 5.20. The SMILES string of the molecule is CN(Cc1ccccc1F)C(=O)c1n[nH]c(C2CC2)c1N. The molecule has 1 saturated carbocycles. The van der Waals surface area contributed by atoms with Crippen LogP contribution in [0.25, 0.3) is 0 Å². The summed E-state index contributed by atoms with van der Waals surface area (Å²) in [6, 6.07) is 6.39. The van der Waals surface area contributed by atoms with Gasteiger partial charge in [-0.15, -0.1) is 0 Å². The minimum atomic E-state index is -0.328. The second-order valence-corrected chi connectivity index (χ2v) is 5.43. The van der Waals surface area contributed by atoms with Crippen LogP contribution >= 0.6 is 0 Å². The number of rotatable bonds is 4. The van der Waals surface area contributed by atoms with Crippen molar-refractivity contribution < 1.29 is 9.18 Å². The topological polar surface area (TPSA) is 75.0 Å². The van der Waals surface area contributed by atoms with Crippen molar-refractivity contribution in [3.63, 3.8) is 0 Å². The van der Waals surface area contributed by atoms with Gasteiger partial charge in [0, 0.05) is 25.1 Å². The lowest BCUT2D eigenvalue weighted by Gasteiger charge is -2.16. The largest absolute Gasteiger partial charge is 0.395 e. The van der Waals surface area contributed by atoms with E-state index in [1.165, 1.54) is 11.0 Å². The lowest BCUT2D eigenvalue weighted by Crippen LogP contribution is -2.27. The molecular formula is C15H17FN4O. The first-order chi connectivity index (χ1) is 10.1. The van der Waals surface area contributed by atoms with Crippen molar-refractivity contribution in [2.45, 2.75) is 25.3 Å². The quantitative estimate of drug-likeness (QED) is 0.906. The Bertz CT molecular complexity index is 678. The van der Waals surface area contributed by atoms with Crippen LogP contribution < -0.4 is 5.73 Å². The van der Waals surface area contributed by atoms with Crippen LogP contribution in [0.15, 0.2) is 24.3 Å². The number of carbonyl (C=O) groups excluding carboxylic acids is 1. The zero-order valence-corrected chi connectivity index (χ0v) is 11.8. The number of H-pyrrole nitrogens is 1. The van der Waals surface area contributed by atoms with Crippen LogP contribution in [0.3, 0.4) is 0 Å². The van der Waals surface area contributed by atoms with Gasteiger partial charge in [0.05, 0.1) is 11.4 Å². The minimum absolute atomic E-state index is 0.177. The van der Waals surface area contributed by atoms with Crippen molar-refractivity contribution in [2.75, 3.05) is 12.8 Å². The van der Waals surface area contributed by atoms with Crippen LogP contribution in [0.2, 0.25) is 0 Å². The molecule has 1 aromatic carbocycles. The molecule has 3 rings (SSSR count). The first-order valence-electron chi connectivity index (χ1n) is 6.90. The van der Waals surface area contributed by atoms with Gasteiger partial charge in [-0.3, -0.25) is 9.89 Å². The Hall–Kier alpha value is -2.37. The van der Waals surface area contributed by atoms with Crippen LogP contribution in [-0.2, 0) is 6.54 Å². The summed E-state index contributed by atoms with van der Waals surface area (Å²) in [6.07, 6.45) is 2.15. The molecule has 1 fully saturated rings. The molecule has 0 saturated heterocycles. The number of nitrogens with one attached hydrogen (secondary N) is 1. The van der Waals surface area contributed by atoms with Gasteiger partial charge in [-0.1, -0.05) is 18.2 Å². The molecule has 2 aromatic rings. The molecule has 6 heteroatoms. The number of carbonyl (C=O) groups is 1. The summed E-state index contributed by atoms with van der Waals surface area (Å²) in [7, 11) is 1.61. The number of hydrogen-bond acceptors (Lipinski definition) is 3. The van der Waals surface area contributed by atoms with Crippen molar-refractivity contribution in [1.29, 1.82) is 0 Å². The van der Waals surface area contributed by atoms with Gasteiger partial charge in [0.25, 0.3) is 5.91 Å². The number of benzene rings is 1. The van der Waals surface area contributed by atoms with E-state index in [1.54, 1.807) is 25.2 Å². The van der Waals surface area contributed by atoms with Crippen molar-refractivity contribution in [2.24, 2.45) is 0 Å². The third-order valence-electron chi connectivity index (χ3n) is 3.73. The van der Waals surface area contributed by atoms with Gasteiger partial charge in [-0.25, -0.2) is 4.39 Å². The van der Waals surface area contributed by atoms with Gasteiger partial charge in [-0.05, 0) is 18.9 Å². The average molecular weight is 288 g/mol. The van der Waals surface area contributed by atoms with Gasteiger partial charge in [-0.2, -0.15) is 5.10 Å². The Balaban J connectivity index is 1.77. The molecule has 1 aliphatic rings. The first-order valence-corrected chi connectivity index (χ1v) is 6.90. The fraction of sp³-hybridized carbons (Fsp3) is 0.333. The number of nitrogens with two attached hydrogens (primary N) is 1. The third-order valence-corrected chi connectivity index (χ3v) is 3.73. The summed E-state index contributed by atoms with van der Waals surface area (Å²) in [5.74, 6) is -0.236. The zero-order valence-electron chi connectivity index (χ0n) is 11.8. The molecule has 21 heavy (non-hydrogen) atoms. The summed E-state index contributed by atoms with van der Waals surface area (Å²) in [5.41, 5.74) is 7.94. The number of halogens is 1. The molecule has 110 valence electrons. The van der Waals surface area contributed by atoms with E-state index in [9.17, 15) is 9.18 Å². The lowest BCUT2D eigenvalue weighted by molar-refractivity contribution is 0.0779. The zero-order chi connectivity index (χ0) is 15.0. The molecule has 1 heterocycles. The predicted molar refractivity (Wildman–Crippen MR) is 77.2 cm³/mol. The Morgan fingerprint density at radius 3 is 2.86 bits per heavy atom. The molecule has 0 unspecified atom stereocenters. The van der Waals surface area contributed by atoms with E-state index < -0.39 is 0 Å². The van der Waals surface area contributed by atoms with E-state index in [0.29, 0.717) is 17.2 Å². The first kappa shape index (κ1) is 13.6. The number of nitrogen functional groups attached to an aromatic ring is 1. The average Bonchev–Trinajstić information content (AvgIpc) is 3.24. The van der Waals surface area contributed by atoms with Crippen LogP contribution in [-0.4, -0.2) is 28.1 Å². The summed E-state index contributed by atoms with van der Waals surface area (Å²) in [4.78, 5) is 13.8. The number of amides is 1. The van der Waals surface area contributed by atoms with E-state index in [4.69, 9.17) is 5.73 Å². The van der Waals surface area contributed by atoms with Crippen molar-refractivity contribution >= 4 is 11.6 Å². The highest BCUT2D eigenvalue weighted by molar-refractivity contribution is 5.97. The maximum absolute atomic E-state index is 13.6. The molecule has 0 bridgehead atoms. The smallest absolute Gasteiger partial charge is 0.276 e. The number of aromatic nitrogens is 2. The number of anilines is 1. The molecule has 0 atom stereocenters. The monoisotopic (exact) mass is 288 g/mol. The Kier molecular flexibility index (Phi) is 3.37. The molecule has 1 aliphatic carbocycles. The predicted octanol–water partition coefficient (Wildman–Crippen LogP) is 2.28. The molecular weight excluding hydrogens is 271 g/mol. The molecule has 1 amide bonds. The molecule has 1 aromatic heterocycles. The number of aromatic amines is 1. The van der Waals surface area contributed by atoms with Gasteiger partial charge in [0.1, 0.15) is 5.82 Å². The Labute approximate surface area is 121 Å². The Morgan fingerprint density at radius 2 is 2.19 bits per heavy atom. The van der Waals surface area contributed by atoms with E-state index in [2.05, 4.69) is 10.2 Å². The van der Waals surface area contributed by atoms with Crippen molar-refractivity contribution in [1.82, 2.24) is 15.1 Å². The molecule has 3 N–H and O–H groups in total. The van der Waals surface area contributed by atoms with Crippen LogP contribution in [0, 0.1) is 5.82 Å². The standard InChI is InChI=1S/C15H17FN4O/c1-20(8-10-4-2-3-5-11(10)16)15(21)14-12(17)13(18-19-14)9-6-7-9/h2-5,9H,6-8,17H2,1H3,(H,18,19). The fourth-order valence-corrected chi connectivity index (χ4v) is 2.35. The number of nitrogens with zero attached hydrogens (tertiary/aromatic N) is 2. The van der Waals surface area contributed by atoms with Crippen LogP contribution in [0.4, 0.5) is 10.1 Å². The van der Waals surface area contributed by atoms with Crippen molar-refractivity contribution in [3.05, 3.63) is 47.0 Å². The summed E-state index contributed by atoms with van der Waals surface area (Å²) in [5, 5.41) is 6.88. The van der Waals surface area contributed by atoms with Crippen LogP contribution in [0.5, 0.6) is 0 Å². The van der Waals surface area contributed by atoms with E-state index >= 15 is 0 Å². The maximum Gasteiger partial charge on any atom is 0.276 e. The van der Waals surface area contributed by atoms with Gasteiger partial charge in [0.2, 0.25) is 0 Å². The fourth-order valence-electron chi connectivity index (χ4n) is 2.35. The summed E-state index contributed by atoms with van der Waals surface area (Å²) in [6.45, 7) is 0.177. The molecule has 5 nitrogen and oxygen atoms in total. The maximum atomic E-state index is 13.6. The second-order valence-electron chi connectivity index (χ2n) is 5.43. The van der Waals surface area contributed by atoms with Gasteiger partial charge in [0.15, 0.2) is 5.69 Å². The highest BCUT2D eigenvalue weighted by Crippen LogP contribution is 2.42. The van der Waals surface area contributed by atoms with Gasteiger partial charge < -0.3 is 10.6 Å². The normalized spacial score (nSPS) is 14.2. The van der Waals surface area contributed by atoms with Gasteiger partial charge >= 0.3 is 0 Å². The molecule has 0 spiro atoms. The van der Waals surface area contributed by atoms with E-state index in [0.717, 1.165) is 18.5 Å². The Morgan fingerprint density at radius 1 is 1.48 bits per heavy atom. The lowest BCUT2D eigenvalue weighted by atomic mass is 10.2. The highest BCUT2D eigenvalue weighted by atomic mass is 19.1. The number of hydrogen-bond donors (Lipinski definition) is 2. The summed E-state index contributed by atoms with van der Waals surface area (Å²) < 4.78 is 13.6. The highest BCUT2D eigenvalue weighted by Gasteiger charge is 2.31. The molecule has 0 aliphatic heterocycles. The van der Waals surface area contributed by atoms with Crippen molar-refractivity contribution in [3.8, 4) is 0 Å².